The first kappa shape index (κ1) is 12.9. The van der Waals surface area contributed by atoms with Crippen LogP contribution in [0.25, 0.3) is 16.9 Å². The van der Waals surface area contributed by atoms with Gasteiger partial charge in [0.25, 0.3) is 0 Å². The topological polar surface area (TPSA) is 20.5 Å². The maximum atomic E-state index is 4.68. The number of anilines is 1. The van der Waals surface area contributed by atoms with E-state index in [1.54, 1.807) is 0 Å². The molecule has 106 valence electrons. The van der Waals surface area contributed by atoms with Gasteiger partial charge in [0.15, 0.2) is 0 Å². The third-order valence-corrected chi connectivity index (χ3v) is 4.52. The lowest BCUT2D eigenvalue weighted by Crippen LogP contribution is -2.17. The Hall–Kier alpha value is -1.81. The minimum Gasteiger partial charge on any atom is -0.372 e. The molecular weight excluding hydrogens is 326 g/mol. The minimum absolute atomic E-state index is 0.969. The lowest BCUT2D eigenvalue weighted by atomic mass is 10.1. The number of halogens is 1. The van der Waals surface area contributed by atoms with Crippen LogP contribution in [-0.4, -0.2) is 22.5 Å². The van der Waals surface area contributed by atoms with Crippen molar-refractivity contribution in [3.8, 4) is 11.3 Å². The number of aromatic nitrogens is 2. The molecule has 1 aliphatic heterocycles. The van der Waals surface area contributed by atoms with Gasteiger partial charge in [0.2, 0.25) is 0 Å². The first-order valence-corrected chi connectivity index (χ1v) is 8.08. The SMILES string of the molecule is Brc1ccc2nc(-c3ccc(N4CCCC4)cc3)cn2c1. The molecule has 0 N–H and O–H groups in total. The highest BCUT2D eigenvalue weighted by Crippen LogP contribution is 2.25. The van der Waals surface area contributed by atoms with E-state index in [-0.39, 0.29) is 0 Å². The van der Waals surface area contributed by atoms with Gasteiger partial charge in [-0.15, -0.1) is 0 Å². The zero-order valence-corrected chi connectivity index (χ0v) is 13.3. The van der Waals surface area contributed by atoms with E-state index < -0.39 is 0 Å². The molecule has 1 aromatic carbocycles. The van der Waals surface area contributed by atoms with Gasteiger partial charge < -0.3 is 9.30 Å². The predicted molar refractivity (Wildman–Crippen MR) is 89.8 cm³/mol. The summed E-state index contributed by atoms with van der Waals surface area (Å²) in [6, 6.07) is 12.8. The van der Waals surface area contributed by atoms with Crippen molar-refractivity contribution in [1.29, 1.82) is 0 Å². The standard InChI is InChI=1S/C17H16BrN3/c18-14-5-8-17-19-16(12-21(17)11-14)13-3-6-15(7-4-13)20-9-1-2-10-20/h3-8,11-12H,1-2,9-10H2. The molecule has 3 heterocycles. The predicted octanol–water partition coefficient (Wildman–Crippen LogP) is 4.36. The monoisotopic (exact) mass is 341 g/mol. The fourth-order valence-electron chi connectivity index (χ4n) is 2.92. The fourth-order valence-corrected chi connectivity index (χ4v) is 3.27. The zero-order chi connectivity index (χ0) is 14.2. The summed E-state index contributed by atoms with van der Waals surface area (Å²) < 4.78 is 3.11. The minimum atomic E-state index is 0.969. The highest BCUT2D eigenvalue weighted by atomic mass is 79.9. The number of benzene rings is 1. The number of pyridine rings is 1. The summed E-state index contributed by atoms with van der Waals surface area (Å²) in [6.45, 7) is 2.36. The van der Waals surface area contributed by atoms with Gasteiger partial charge in [0.05, 0.1) is 5.69 Å². The van der Waals surface area contributed by atoms with Crippen LogP contribution in [0.5, 0.6) is 0 Å². The Kier molecular flexibility index (Phi) is 3.19. The van der Waals surface area contributed by atoms with Crippen LogP contribution in [0.2, 0.25) is 0 Å². The molecule has 0 saturated carbocycles. The quantitative estimate of drug-likeness (QED) is 0.690. The van der Waals surface area contributed by atoms with Gasteiger partial charge >= 0.3 is 0 Å². The number of nitrogens with zero attached hydrogens (tertiary/aromatic N) is 3. The lowest BCUT2D eigenvalue weighted by Gasteiger charge is -2.17. The number of imidazole rings is 1. The van der Waals surface area contributed by atoms with E-state index in [1.807, 2.05) is 22.7 Å². The number of hydrogen-bond donors (Lipinski definition) is 0. The number of hydrogen-bond acceptors (Lipinski definition) is 2. The average molecular weight is 342 g/mol. The summed E-state index contributed by atoms with van der Waals surface area (Å²) in [7, 11) is 0. The Morgan fingerprint density at radius 2 is 1.67 bits per heavy atom. The van der Waals surface area contributed by atoms with E-state index in [1.165, 1.54) is 31.6 Å². The van der Waals surface area contributed by atoms with Crippen molar-refractivity contribution in [3.63, 3.8) is 0 Å². The van der Waals surface area contributed by atoms with Crippen LogP contribution in [0.1, 0.15) is 12.8 Å². The number of fused-ring (bicyclic) bond motifs is 1. The van der Waals surface area contributed by atoms with Crippen molar-refractivity contribution in [2.75, 3.05) is 18.0 Å². The molecule has 2 aromatic heterocycles. The maximum absolute atomic E-state index is 4.68. The van der Waals surface area contributed by atoms with Crippen molar-refractivity contribution >= 4 is 27.3 Å². The summed E-state index contributed by atoms with van der Waals surface area (Å²) in [6.07, 6.45) is 6.72. The van der Waals surface area contributed by atoms with Crippen LogP contribution in [0.4, 0.5) is 5.69 Å². The summed E-state index contributed by atoms with van der Waals surface area (Å²) in [5, 5.41) is 0. The summed E-state index contributed by atoms with van der Waals surface area (Å²) >= 11 is 3.49. The Morgan fingerprint density at radius 3 is 2.43 bits per heavy atom. The van der Waals surface area contributed by atoms with E-state index >= 15 is 0 Å². The first-order valence-electron chi connectivity index (χ1n) is 7.29. The third-order valence-electron chi connectivity index (χ3n) is 4.05. The van der Waals surface area contributed by atoms with Crippen molar-refractivity contribution < 1.29 is 0 Å². The van der Waals surface area contributed by atoms with Gasteiger partial charge in [-0.05, 0) is 53.0 Å². The second-order valence-corrected chi connectivity index (χ2v) is 6.40. The Bertz CT molecular complexity index is 770. The van der Waals surface area contributed by atoms with E-state index in [9.17, 15) is 0 Å². The third kappa shape index (κ3) is 2.44. The first-order chi connectivity index (χ1) is 10.3. The molecule has 0 bridgehead atoms. The van der Waals surface area contributed by atoms with Crippen LogP contribution in [-0.2, 0) is 0 Å². The molecule has 1 aliphatic rings. The second kappa shape index (κ2) is 5.19. The highest BCUT2D eigenvalue weighted by Gasteiger charge is 2.12. The largest absolute Gasteiger partial charge is 0.372 e. The van der Waals surface area contributed by atoms with E-state index in [4.69, 9.17) is 0 Å². The molecule has 4 heteroatoms. The average Bonchev–Trinajstić information content (AvgIpc) is 3.16. The van der Waals surface area contributed by atoms with Gasteiger partial charge in [0, 0.05) is 41.2 Å². The Balaban J connectivity index is 1.67. The van der Waals surface area contributed by atoms with E-state index in [2.05, 4.69) is 56.3 Å². The van der Waals surface area contributed by atoms with E-state index in [0.717, 1.165) is 21.4 Å². The van der Waals surface area contributed by atoms with Gasteiger partial charge in [-0.1, -0.05) is 12.1 Å². The second-order valence-electron chi connectivity index (χ2n) is 5.48. The zero-order valence-electron chi connectivity index (χ0n) is 11.7. The molecule has 0 amide bonds. The molecule has 1 fully saturated rings. The molecule has 0 spiro atoms. The lowest BCUT2D eigenvalue weighted by molar-refractivity contribution is 0.949. The molecule has 4 rings (SSSR count). The number of rotatable bonds is 2. The van der Waals surface area contributed by atoms with Gasteiger partial charge in [-0.3, -0.25) is 0 Å². The molecule has 3 nitrogen and oxygen atoms in total. The van der Waals surface area contributed by atoms with Gasteiger partial charge in [-0.2, -0.15) is 0 Å². The summed E-state index contributed by atoms with van der Waals surface area (Å²) in [5.74, 6) is 0. The molecule has 3 aromatic rings. The summed E-state index contributed by atoms with van der Waals surface area (Å²) in [4.78, 5) is 7.13. The van der Waals surface area contributed by atoms with Crippen LogP contribution >= 0.6 is 15.9 Å². The van der Waals surface area contributed by atoms with Crippen molar-refractivity contribution in [1.82, 2.24) is 9.38 Å². The normalized spacial score (nSPS) is 15.0. The molecule has 0 aliphatic carbocycles. The smallest absolute Gasteiger partial charge is 0.137 e. The van der Waals surface area contributed by atoms with E-state index in [0.29, 0.717) is 0 Å². The molecule has 0 radical (unpaired) electrons. The van der Waals surface area contributed by atoms with Crippen LogP contribution in [0.3, 0.4) is 0 Å². The van der Waals surface area contributed by atoms with Crippen LogP contribution in [0.15, 0.2) is 53.3 Å². The molecule has 1 saturated heterocycles. The maximum Gasteiger partial charge on any atom is 0.137 e. The van der Waals surface area contributed by atoms with Gasteiger partial charge in [-0.25, -0.2) is 4.98 Å². The fraction of sp³-hybridized carbons (Fsp3) is 0.235. The molecule has 0 unspecified atom stereocenters. The Labute approximate surface area is 132 Å². The molecule has 21 heavy (non-hydrogen) atoms. The van der Waals surface area contributed by atoms with Crippen LogP contribution < -0.4 is 4.90 Å². The molecular formula is C17H16BrN3. The van der Waals surface area contributed by atoms with Crippen molar-refractivity contribution in [2.45, 2.75) is 12.8 Å². The van der Waals surface area contributed by atoms with Gasteiger partial charge in [0.1, 0.15) is 5.65 Å². The van der Waals surface area contributed by atoms with Crippen molar-refractivity contribution in [2.24, 2.45) is 0 Å². The molecule has 0 atom stereocenters. The highest BCUT2D eigenvalue weighted by molar-refractivity contribution is 9.10. The van der Waals surface area contributed by atoms with Crippen LogP contribution in [0, 0.1) is 0 Å². The Morgan fingerprint density at radius 1 is 0.905 bits per heavy atom. The van der Waals surface area contributed by atoms with Crippen molar-refractivity contribution in [3.05, 3.63) is 53.3 Å². The summed E-state index contributed by atoms with van der Waals surface area (Å²) in [5.41, 5.74) is 4.47.